The summed E-state index contributed by atoms with van der Waals surface area (Å²) in [6, 6.07) is 8.07. The lowest BCUT2D eigenvalue weighted by atomic mass is 10.0. The van der Waals surface area contributed by atoms with Gasteiger partial charge < -0.3 is 24.2 Å². The van der Waals surface area contributed by atoms with Crippen LogP contribution in [-0.4, -0.2) is 74.3 Å². The van der Waals surface area contributed by atoms with Gasteiger partial charge in [-0.2, -0.15) is 0 Å². The quantitative estimate of drug-likeness (QED) is 0.748. The van der Waals surface area contributed by atoms with Gasteiger partial charge in [0.2, 0.25) is 5.95 Å². The summed E-state index contributed by atoms with van der Waals surface area (Å²) in [7, 11) is 3.35. The number of hydrogen-bond donors (Lipinski definition) is 1. The van der Waals surface area contributed by atoms with Gasteiger partial charge >= 0.3 is 0 Å². The molecule has 1 N–H and O–H groups in total. The van der Waals surface area contributed by atoms with E-state index in [2.05, 4.69) is 20.9 Å². The van der Waals surface area contributed by atoms with Crippen LogP contribution in [0, 0.1) is 0 Å². The lowest BCUT2D eigenvalue weighted by molar-refractivity contribution is -0.910. The Hall–Kier alpha value is -2.87. The van der Waals surface area contributed by atoms with Gasteiger partial charge in [-0.1, -0.05) is 0 Å². The molecule has 1 aromatic heterocycles. The molecule has 30 heavy (non-hydrogen) atoms. The van der Waals surface area contributed by atoms with Gasteiger partial charge in [-0.3, -0.25) is 4.79 Å². The van der Waals surface area contributed by atoms with E-state index in [1.807, 2.05) is 23.1 Å². The Morgan fingerprint density at radius 1 is 1.13 bits per heavy atom. The van der Waals surface area contributed by atoms with Crippen molar-refractivity contribution in [3.05, 3.63) is 42.2 Å². The molecule has 3 heterocycles. The number of anilines is 1. The van der Waals surface area contributed by atoms with Crippen molar-refractivity contribution in [2.45, 2.75) is 18.9 Å². The number of aromatic nitrogens is 2. The van der Waals surface area contributed by atoms with Gasteiger partial charge in [0.1, 0.15) is 17.5 Å². The predicted molar refractivity (Wildman–Crippen MR) is 113 cm³/mol. The van der Waals surface area contributed by atoms with Gasteiger partial charge in [0.05, 0.1) is 26.3 Å². The molecule has 2 aromatic rings. The van der Waals surface area contributed by atoms with Crippen LogP contribution in [0.5, 0.6) is 11.5 Å². The maximum absolute atomic E-state index is 13.0. The van der Waals surface area contributed by atoms with E-state index in [9.17, 15) is 4.79 Å². The number of likely N-dealkylation sites (tertiary alicyclic amines) is 1. The first kappa shape index (κ1) is 20.4. The highest BCUT2D eigenvalue weighted by Gasteiger charge is 2.35. The Morgan fingerprint density at radius 2 is 1.90 bits per heavy atom. The predicted octanol–water partition coefficient (Wildman–Crippen LogP) is 0.562. The Kier molecular flexibility index (Phi) is 6.32. The number of ether oxygens (including phenoxy) is 2. The highest BCUT2D eigenvalue weighted by Crippen LogP contribution is 2.31. The Labute approximate surface area is 177 Å². The average Bonchev–Trinajstić information content (AvgIpc) is 3.27. The number of methoxy groups -OCH3 is 2. The lowest BCUT2D eigenvalue weighted by Crippen LogP contribution is -3.11. The smallest absolute Gasteiger partial charge is 0.277 e. The number of nitrogens with zero attached hydrogens (tertiary/aromatic N) is 4. The van der Waals surface area contributed by atoms with Gasteiger partial charge in [0, 0.05) is 57.5 Å². The number of carbonyl (C=O) groups is 1. The van der Waals surface area contributed by atoms with E-state index in [4.69, 9.17) is 9.47 Å². The second kappa shape index (κ2) is 9.30. The van der Waals surface area contributed by atoms with Gasteiger partial charge in [0.15, 0.2) is 6.54 Å². The molecule has 0 spiro atoms. The number of amides is 1. The third kappa shape index (κ3) is 4.33. The van der Waals surface area contributed by atoms with Crippen LogP contribution < -0.4 is 19.3 Å². The molecule has 4 rings (SSSR count). The number of piperazine rings is 1. The van der Waals surface area contributed by atoms with Crippen LogP contribution in [0.1, 0.15) is 24.4 Å². The van der Waals surface area contributed by atoms with Crippen molar-refractivity contribution >= 4 is 11.9 Å². The Morgan fingerprint density at radius 3 is 2.60 bits per heavy atom. The zero-order valence-corrected chi connectivity index (χ0v) is 17.7. The molecule has 2 aliphatic rings. The van der Waals surface area contributed by atoms with E-state index >= 15 is 0 Å². The van der Waals surface area contributed by atoms with E-state index in [0.29, 0.717) is 19.6 Å². The maximum atomic E-state index is 13.0. The molecule has 0 saturated carbocycles. The molecular weight excluding hydrogens is 382 g/mol. The zero-order valence-electron chi connectivity index (χ0n) is 17.7. The van der Waals surface area contributed by atoms with E-state index in [1.165, 1.54) is 4.90 Å². The van der Waals surface area contributed by atoms with Crippen molar-refractivity contribution in [2.24, 2.45) is 0 Å². The normalized spacial score (nSPS) is 21.5. The van der Waals surface area contributed by atoms with E-state index in [0.717, 1.165) is 55.5 Å². The molecule has 0 radical (unpaired) electrons. The standard InChI is InChI=1S/C22H29N5O3/c1-29-17-6-7-18(20(15-17)30-2)19-5-3-10-27(19)16-21(28)25-11-13-26(14-12-25)22-23-8-4-9-24-22/h4,6-9,15,19H,3,5,10-14,16H2,1-2H3/p+1/t19-/m1/s1. The summed E-state index contributed by atoms with van der Waals surface area (Å²) in [5.41, 5.74) is 1.16. The van der Waals surface area contributed by atoms with Crippen LogP contribution in [-0.2, 0) is 4.79 Å². The van der Waals surface area contributed by atoms with Crippen LogP contribution in [0.25, 0.3) is 0 Å². The van der Waals surface area contributed by atoms with Crippen LogP contribution in [0.15, 0.2) is 36.7 Å². The zero-order chi connectivity index (χ0) is 20.9. The molecule has 0 aliphatic carbocycles. The lowest BCUT2D eigenvalue weighted by Gasteiger charge is -2.35. The van der Waals surface area contributed by atoms with Crippen molar-refractivity contribution in [3.8, 4) is 11.5 Å². The first-order valence-corrected chi connectivity index (χ1v) is 10.6. The highest BCUT2D eigenvalue weighted by molar-refractivity contribution is 5.77. The molecule has 2 fully saturated rings. The molecular formula is C22H30N5O3+. The summed E-state index contributed by atoms with van der Waals surface area (Å²) >= 11 is 0. The van der Waals surface area contributed by atoms with E-state index in [1.54, 1.807) is 26.6 Å². The number of quaternary nitrogens is 1. The van der Waals surface area contributed by atoms with Crippen molar-refractivity contribution in [1.29, 1.82) is 0 Å². The average molecular weight is 413 g/mol. The SMILES string of the molecule is COc1ccc([C@H]2CCC[NH+]2CC(=O)N2CCN(c3ncccn3)CC2)c(OC)c1. The number of hydrogen-bond acceptors (Lipinski definition) is 6. The number of carbonyl (C=O) groups excluding carboxylic acids is 1. The van der Waals surface area contributed by atoms with Gasteiger partial charge in [-0.15, -0.1) is 0 Å². The summed E-state index contributed by atoms with van der Waals surface area (Å²) in [6.45, 7) is 4.47. The molecule has 160 valence electrons. The molecule has 8 nitrogen and oxygen atoms in total. The number of benzene rings is 1. The first-order chi connectivity index (χ1) is 14.7. The minimum Gasteiger partial charge on any atom is -0.497 e. The molecule has 0 bridgehead atoms. The van der Waals surface area contributed by atoms with Crippen LogP contribution >= 0.6 is 0 Å². The Balaban J connectivity index is 1.37. The molecule has 1 unspecified atom stereocenters. The van der Waals surface area contributed by atoms with Crippen LogP contribution in [0.2, 0.25) is 0 Å². The summed E-state index contributed by atoms with van der Waals surface area (Å²) in [5.74, 6) is 2.58. The van der Waals surface area contributed by atoms with E-state index < -0.39 is 0 Å². The van der Waals surface area contributed by atoms with Crippen molar-refractivity contribution in [1.82, 2.24) is 14.9 Å². The Bertz CT molecular complexity index is 855. The van der Waals surface area contributed by atoms with Crippen molar-refractivity contribution in [3.63, 3.8) is 0 Å². The topological polar surface area (TPSA) is 72.2 Å². The fourth-order valence-electron chi connectivity index (χ4n) is 4.52. The summed E-state index contributed by atoms with van der Waals surface area (Å²) in [6.07, 6.45) is 5.68. The monoisotopic (exact) mass is 412 g/mol. The first-order valence-electron chi connectivity index (χ1n) is 10.6. The second-order valence-corrected chi connectivity index (χ2v) is 7.80. The molecule has 2 aliphatic heterocycles. The minimum atomic E-state index is 0.220. The second-order valence-electron chi connectivity index (χ2n) is 7.80. The van der Waals surface area contributed by atoms with Gasteiger partial charge in [-0.25, -0.2) is 9.97 Å². The fraction of sp³-hybridized carbons (Fsp3) is 0.500. The highest BCUT2D eigenvalue weighted by atomic mass is 16.5. The molecule has 2 atom stereocenters. The van der Waals surface area contributed by atoms with Gasteiger partial charge in [-0.05, 0) is 18.2 Å². The third-order valence-electron chi connectivity index (χ3n) is 6.15. The van der Waals surface area contributed by atoms with Crippen LogP contribution in [0.4, 0.5) is 5.95 Å². The molecule has 1 amide bonds. The molecule has 8 heteroatoms. The van der Waals surface area contributed by atoms with Crippen molar-refractivity contribution < 1.29 is 19.2 Å². The van der Waals surface area contributed by atoms with Gasteiger partial charge in [0.25, 0.3) is 5.91 Å². The number of nitrogens with one attached hydrogen (secondary N) is 1. The minimum absolute atomic E-state index is 0.220. The van der Waals surface area contributed by atoms with Crippen molar-refractivity contribution in [2.75, 3.05) is 58.4 Å². The molecule has 2 saturated heterocycles. The maximum Gasteiger partial charge on any atom is 0.277 e. The van der Waals surface area contributed by atoms with Crippen LogP contribution in [0.3, 0.4) is 0 Å². The summed E-state index contributed by atoms with van der Waals surface area (Å²) in [5, 5.41) is 0. The summed E-state index contributed by atoms with van der Waals surface area (Å²) in [4.78, 5) is 27.1. The fourth-order valence-corrected chi connectivity index (χ4v) is 4.52. The molecule has 1 aromatic carbocycles. The summed E-state index contributed by atoms with van der Waals surface area (Å²) < 4.78 is 10.9. The third-order valence-corrected chi connectivity index (χ3v) is 6.15. The van der Waals surface area contributed by atoms with E-state index in [-0.39, 0.29) is 11.9 Å². The largest absolute Gasteiger partial charge is 0.497 e. The number of rotatable bonds is 6.